The number of rotatable bonds is 5. The van der Waals surface area contributed by atoms with Crippen LogP contribution in [-0.2, 0) is 14.6 Å². The Hall–Kier alpha value is -1.63. The number of anilines is 2. The second-order valence-electron chi connectivity index (χ2n) is 5.49. The molecule has 116 valence electrons. The third kappa shape index (κ3) is 4.70. The second-order valence-corrected chi connectivity index (χ2v) is 7.60. The van der Waals surface area contributed by atoms with Crippen molar-refractivity contribution in [2.24, 2.45) is 5.92 Å². The van der Waals surface area contributed by atoms with Crippen molar-refractivity contribution >= 4 is 27.1 Å². The topological polar surface area (TPSA) is 89.3 Å². The Morgan fingerprint density at radius 1 is 1.33 bits per heavy atom. The Morgan fingerprint density at radius 3 is 2.62 bits per heavy atom. The van der Waals surface area contributed by atoms with Crippen LogP contribution in [0.3, 0.4) is 0 Å². The van der Waals surface area contributed by atoms with Crippen molar-refractivity contribution in [1.82, 2.24) is 0 Å². The van der Waals surface area contributed by atoms with E-state index in [0.717, 1.165) is 31.7 Å². The molecule has 0 unspecified atom stereocenters. The summed E-state index contributed by atoms with van der Waals surface area (Å²) >= 11 is 0. The number of carbonyl (C=O) groups is 1. The van der Waals surface area contributed by atoms with Gasteiger partial charge < -0.3 is 11.1 Å². The molecule has 0 atom stereocenters. The predicted molar refractivity (Wildman–Crippen MR) is 80.1 cm³/mol. The van der Waals surface area contributed by atoms with Gasteiger partial charge in [0.1, 0.15) is 11.6 Å². The van der Waals surface area contributed by atoms with E-state index in [-0.39, 0.29) is 23.0 Å². The molecule has 7 heteroatoms. The third-order valence-electron chi connectivity index (χ3n) is 3.60. The van der Waals surface area contributed by atoms with Gasteiger partial charge in [-0.25, -0.2) is 12.8 Å². The standard InChI is InChI=1S/C14H19FN2O3S/c15-12-6-5-11(7-13(12)16)17-14(18)9-21(19,20)8-10-3-1-2-4-10/h5-7,10H,1-4,8-9,16H2,(H,17,18). The third-order valence-corrected chi connectivity index (χ3v) is 5.28. The number of sulfone groups is 1. The van der Waals surface area contributed by atoms with Crippen LogP contribution in [0.1, 0.15) is 25.7 Å². The molecule has 0 bridgehead atoms. The van der Waals surface area contributed by atoms with Gasteiger partial charge in [-0.1, -0.05) is 12.8 Å². The van der Waals surface area contributed by atoms with Crippen LogP contribution in [0.4, 0.5) is 15.8 Å². The van der Waals surface area contributed by atoms with E-state index < -0.39 is 27.3 Å². The number of halogens is 1. The Kier molecular flexibility index (Phi) is 4.82. The number of nitrogen functional groups attached to an aromatic ring is 1. The summed E-state index contributed by atoms with van der Waals surface area (Å²) in [5, 5.41) is 2.43. The molecule has 0 radical (unpaired) electrons. The van der Waals surface area contributed by atoms with Crippen molar-refractivity contribution in [3.05, 3.63) is 24.0 Å². The van der Waals surface area contributed by atoms with Crippen molar-refractivity contribution in [2.45, 2.75) is 25.7 Å². The van der Waals surface area contributed by atoms with E-state index in [0.29, 0.717) is 0 Å². The quantitative estimate of drug-likeness (QED) is 0.813. The lowest BCUT2D eigenvalue weighted by molar-refractivity contribution is -0.113. The van der Waals surface area contributed by atoms with Crippen molar-refractivity contribution in [3.8, 4) is 0 Å². The van der Waals surface area contributed by atoms with Crippen LogP contribution in [0, 0.1) is 11.7 Å². The Balaban J connectivity index is 1.92. The van der Waals surface area contributed by atoms with Crippen LogP contribution in [-0.4, -0.2) is 25.8 Å². The highest BCUT2D eigenvalue weighted by molar-refractivity contribution is 7.92. The molecular weight excluding hydrogens is 295 g/mol. The van der Waals surface area contributed by atoms with Gasteiger partial charge >= 0.3 is 0 Å². The van der Waals surface area contributed by atoms with Crippen molar-refractivity contribution < 1.29 is 17.6 Å². The van der Waals surface area contributed by atoms with Crippen molar-refractivity contribution in [3.63, 3.8) is 0 Å². The molecule has 1 aliphatic rings. The molecule has 0 saturated heterocycles. The molecule has 1 aliphatic carbocycles. The van der Waals surface area contributed by atoms with Gasteiger partial charge in [0.05, 0.1) is 11.4 Å². The SMILES string of the molecule is Nc1cc(NC(=O)CS(=O)(=O)CC2CCCC2)ccc1F. The molecule has 1 fully saturated rings. The number of nitrogens with one attached hydrogen (secondary N) is 1. The van der Waals surface area contributed by atoms with Crippen LogP contribution in [0.25, 0.3) is 0 Å². The molecule has 3 N–H and O–H groups in total. The minimum absolute atomic E-state index is 0.0615. The fourth-order valence-electron chi connectivity index (χ4n) is 2.61. The lowest BCUT2D eigenvalue weighted by atomic mass is 10.1. The molecule has 0 heterocycles. The van der Waals surface area contributed by atoms with Crippen LogP contribution in [0.15, 0.2) is 18.2 Å². The van der Waals surface area contributed by atoms with E-state index in [1.165, 1.54) is 12.1 Å². The van der Waals surface area contributed by atoms with Gasteiger partial charge in [-0.3, -0.25) is 4.79 Å². The lowest BCUT2D eigenvalue weighted by Gasteiger charge is -2.10. The molecule has 1 aromatic rings. The first-order valence-corrected chi connectivity index (χ1v) is 8.73. The van der Waals surface area contributed by atoms with Gasteiger partial charge in [-0.05, 0) is 37.0 Å². The van der Waals surface area contributed by atoms with Gasteiger partial charge in [0.25, 0.3) is 0 Å². The first-order chi connectivity index (χ1) is 9.85. The number of nitrogens with two attached hydrogens (primary N) is 1. The molecule has 0 spiro atoms. The van der Waals surface area contributed by atoms with Crippen LogP contribution in [0.2, 0.25) is 0 Å². The summed E-state index contributed by atoms with van der Waals surface area (Å²) in [6.07, 6.45) is 3.94. The van der Waals surface area contributed by atoms with E-state index >= 15 is 0 Å². The number of amides is 1. The summed E-state index contributed by atoms with van der Waals surface area (Å²) in [5.74, 6) is -1.53. The fraction of sp³-hybridized carbons (Fsp3) is 0.500. The zero-order valence-corrected chi connectivity index (χ0v) is 12.5. The van der Waals surface area contributed by atoms with E-state index in [9.17, 15) is 17.6 Å². The average molecular weight is 314 g/mol. The zero-order valence-electron chi connectivity index (χ0n) is 11.6. The summed E-state index contributed by atoms with van der Waals surface area (Å²) < 4.78 is 36.9. The molecule has 21 heavy (non-hydrogen) atoms. The molecule has 2 rings (SSSR count). The molecule has 1 saturated carbocycles. The summed E-state index contributed by atoms with van der Waals surface area (Å²) in [7, 11) is -3.42. The maximum atomic E-state index is 13.0. The molecule has 0 aliphatic heterocycles. The average Bonchev–Trinajstić information content (AvgIpc) is 2.85. The Bertz CT molecular complexity index is 625. The van der Waals surface area contributed by atoms with Crippen molar-refractivity contribution in [1.29, 1.82) is 0 Å². The normalized spacial score (nSPS) is 16.0. The van der Waals surface area contributed by atoms with E-state index in [2.05, 4.69) is 5.32 Å². The smallest absolute Gasteiger partial charge is 0.239 e. The molecular formula is C14H19FN2O3S. The van der Waals surface area contributed by atoms with Crippen LogP contribution >= 0.6 is 0 Å². The van der Waals surface area contributed by atoms with Gasteiger partial charge in [-0.2, -0.15) is 0 Å². The summed E-state index contributed by atoms with van der Waals surface area (Å²) in [6, 6.07) is 3.72. The van der Waals surface area contributed by atoms with Crippen LogP contribution < -0.4 is 11.1 Å². The van der Waals surface area contributed by atoms with E-state index in [4.69, 9.17) is 5.73 Å². The zero-order chi connectivity index (χ0) is 15.5. The minimum atomic E-state index is -3.42. The first-order valence-electron chi connectivity index (χ1n) is 6.91. The number of carbonyl (C=O) groups excluding carboxylic acids is 1. The number of benzene rings is 1. The predicted octanol–water partition coefficient (Wildman–Crippen LogP) is 1.95. The maximum absolute atomic E-state index is 13.0. The fourth-order valence-corrected chi connectivity index (χ4v) is 4.25. The summed E-state index contributed by atoms with van der Waals surface area (Å²) in [4.78, 5) is 11.8. The Morgan fingerprint density at radius 2 is 2.00 bits per heavy atom. The minimum Gasteiger partial charge on any atom is -0.396 e. The lowest BCUT2D eigenvalue weighted by Crippen LogP contribution is -2.27. The Labute approximate surface area is 123 Å². The maximum Gasteiger partial charge on any atom is 0.239 e. The number of hydrogen-bond acceptors (Lipinski definition) is 4. The van der Waals surface area contributed by atoms with Gasteiger partial charge in [0, 0.05) is 5.69 Å². The van der Waals surface area contributed by atoms with Crippen molar-refractivity contribution in [2.75, 3.05) is 22.6 Å². The highest BCUT2D eigenvalue weighted by atomic mass is 32.2. The van der Waals surface area contributed by atoms with Crippen LogP contribution in [0.5, 0.6) is 0 Å². The molecule has 0 aromatic heterocycles. The van der Waals surface area contributed by atoms with E-state index in [1.807, 2.05) is 0 Å². The highest BCUT2D eigenvalue weighted by Crippen LogP contribution is 2.26. The first kappa shape index (κ1) is 15.8. The highest BCUT2D eigenvalue weighted by Gasteiger charge is 2.24. The molecule has 1 amide bonds. The second kappa shape index (κ2) is 6.43. The molecule has 5 nitrogen and oxygen atoms in total. The van der Waals surface area contributed by atoms with Gasteiger partial charge in [0.2, 0.25) is 5.91 Å². The molecule has 1 aromatic carbocycles. The summed E-state index contributed by atoms with van der Waals surface area (Å²) in [5.41, 5.74) is 5.58. The summed E-state index contributed by atoms with van der Waals surface area (Å²) in [6.45, 7) is 0. The van der Waals surface area contributed by atoms with E-state index in [1.54, 1.807) is 0 Å². The number of hydrogen-bond donors (Lipinski definition) is 2. The van der Waals surface area contributed by atoms with Gasteiger partial charge in [0.15, 0.2) is 9.84 Å². The monoisotopic (exact) mass is 314 g/mol. The largest absolute Gasteiger partial charge is 0.396 e. The van der Waals surface area contributed by atoms with Gasteiger partial charge in [-0.15, -0.1) is 0 Å².